The number of carbonyl (C=O) groups is 1. The van der Waals surface area contributed by atoms with Crippen molar-refractivity contribution in [3.63, 3.8) is 0 Å². The molecule has 0 bridgehead atoms. The number of aromatic nitrogens is 2. The van der Waals surface area contributed by atoms with Crippen molar-refractivity contribution in [1.29, 1.82) is 0 Å². The van der Waals surface area contributed by atoms with Crippen LogP contribution in [0.2, 0.25) is 0 Å². The number of nitrogens with one attached hydrogen (secondary N) is 2. The van der Waals surface area contributed by atoms with Crippen molar-refractivity contribution in [2.24, 2.45) is 0 Å². The summed E-state index contributed by atoms with van der Waals surface area (Å²) < 4.78 is 0. The Morgan fingerprint density at radius 1 is 1.56 bits per heavy atom. The first-order chi connectivity index (χ1) is 7.68. The van der Waals surface area contributed by atoms with Gasteiger partial charge in [-0.2, -0.15) is 5.10 Å². The molecule has 2 rings (SSSR count). The molecule has 1 aromatic heterocycles. The molecule has 1 heterocycles. The Morgan fingerprint density at radius 3 is 2.94 bits per heavy atom. The number of rotatable bonds is 2. The maximum absolute atomic E-state index is 11.8. The van der Waals surface area contributed by atoms with Gasteiger partial charge in [0.2, 0.25) is 0 Å². The summed E-state index contributed by atoms with van der Waals surface area (Å²) in [5, 5.41) is 18.7. The quantitative estimate of drug-likeness (QED) is 0.568. The zero-order valence-electron chi connectivity index (χ0n) is 8.94. The highest BCUT2D eigenvalue weighted by atomic mass is 16.3. The van der Waals surface area contributed by atoms with Gasteiger partial charge in [-0.1, -0.05) is 12.8 Å². The molecule has 6 heteroatoms. The molecule has 6 nitrogen and oxygen atoms in total. The van der Waals surface area contributed by atoms with Crippen LogP contribution in [0.4, 0.5) is 5.69 Å². The molecule has 1 aromatic rings. The summed E-state index contributed by atoms with van der Waals surface area (Å²) in [6, 6.07) is -0.177. The van der Waals surface area contributed by atoms with Crippen molar-refractivity contribution in [3.8, 4) is 0 Å². The topological polar surface area (TPSA) is 104 Å². The molecule has 0 unspecified atom stereocenters. The number of carbonyl (C=O) groups excluding carboxylic acids is 1. The maximum Gasteiger partial charge on any atom is 0.271 e. The molecule has 0 saturated heterocycles. The van der Waals surface area contributed by atoms with Crippen LogP contribution in [0.5, 0.6) is 0 Å². The first kappa shape index (κ1) is 10.9. The van der Waals surface area contributed by atoms with Gasteiger partial charge < -0.3 is 16.2 Å². The van der Waals surface area contributed by atoms with Gasteiger partial charge in [-0.05, 0) is 12.8 Å². The van der Waals surface area contributed by atoms with E-state index in [1.807, 2.05) is 0 Å². The van der Waals surface area contributed by atoms with E-state index in [-0.39, 0.29) is 17.6 Å². The summed E-state index contributed by atoms with van der Waals surface area (Å²) in [5.41, 5.74) is 6.15. The molecular formula is C10H16N4O2. The fraction of sp³-hybridized carbons (Fsp3) is 0.600. The fourth-order valence-corrected chi connectivity index (χ4v) is 2.00. The highest BCUT2D eigenvalue weighted by Crippen LogP contribution is 2.19. The SMILES string of the molecule is Nc1cn[nH]c1C(=O)N[C@@H]1CCCC[C@H]1O. The minimum atomic E-state index is -0.457. The Balaban J connectivity index is 1.99. The smallest absolute Gasteiger partial charge is 0.271 e. The van der Waals surface area contributed by atoms with E-state index in [9.17, 15) is 9.90 Å². The second-order valence-corrected chi connectivity index (χ2v) is 4.13. The van der Waals surface area contributed by atoms with Crippen molar-refractivity contribution in [2.75, 3.05) is 5.73 Å². The summed E-state index contributed by atoms with van der Waals surface area (Å²) >= 11 is 0. The van der Waals surface area contributed by atoms with Crippen molar-refractivity contribution in [1.82, 2.24) is 15.5 Å². The van der Waals surface area contributed by atoms with Gasteiger partial charge in [0, 0.05) is 0 Å². The van der Waals surface area contributed by atoms with Gasteiger partial charge in [-0.25, -0.2) is 0 Å². The number of H-pyrrole nitrogens is 1. The molecule has 1 aliphatic carbocycles. The van der Waals surface area contributed by atoms with Crippen molar-refractivity contribution >= 4 is 11.6 Å². The van der Waals surface area contributed by atoms with Crippen LogP contribution in [0.3, 0.4) is 0 Å². The lowest BCUT2D eigenvalue weighted by Gasteiger charge is -2.28. The molecule has 1 amide bonds. The molecule has 88 valence electrons. The van der Waals surface area contributed by atoms with Gasteiger partial charge in [0.15, 0.2) is 0 Å². The third-order valence-corrected chi connectivity index (χ3v) is 2.94. The molecular weight excluding hydrogens is 208 g/mol. The zero-order valence-corrected chi connectivity index (χ0v) is 8.94. The van der Waals surface area contributed by atoms with Crippen LogP contribution >= 0.6 is 0 Å². The van der Waals surface area contributed by atoms with Crippen molar-refractivity contribution in [3.05, 3.63) is 11.9 Å². The number of nitrogen functional groups attached to an aromatic ring is 1. The summed E-state index contributed by atoms with van der Waals surface area (Å²) in [7, 11) is 0. The third kappa shape index (κ3) is 2.16. The number of aliphatic hydroxyl groups is 1. The van der Waals surface area contributed by atoms with Crippen LogP contribution in [0.25, 0.3) is 0 Å². The van der Waals surface area contributed by atoms with E-state index in [4.69, 9.17) is 5.73 Å². The Morgan fingerprint density at radius 2 is 2.31 bits per heavy atom. The van der Waals surface area contributed by atoms with Crippen LogP contribution in [0.15, 0.2) is 6.20 Å². The number of hydrogen-bond acceptors (Lipinski definition) is 4. The van der Waals surface area contributed by atoms with E-state index in [1.165, 1.54) is 6.20 Å². The zero-order chi connectivity index (χ0) is 11.5. The standard InChI is InChI=1S/C10H16N4O2/c11-6-5-12-14-9(6)10(16)13-7-3-1-2-4-8(7)15/h5,7-8,15H,1-4,11H2,(H,12,14)(H,13,16)/t7-,8-/m1/s1. The number of anilines is 1. The molecule has 0 radical (unpaired) electrons. The summed E-state index contributed by atoms with van der Waals surface area (Å²) in [6.45, 7) is 0. The number of nitrogens with two attached hydrogens (primary N) is 1. The Hall–Kier alpha value is -1.56. The lowest BCUT2D eigenvalue weighted by molar-refractivity contribution is 0.0714. The molecule has 1 fully saturated rings. The van der Waals surface area contributed by atoms with Gasteiger partial charge in [-0.3, -0.25) is 9.89 Å². The van der Waals surface area contributed by atoms with Crippen molar-refractivity contribution < 1.29 is 9.90 Å². The Kier molecular flexibility index (Phi) is 3.09. The van der Waals surface area contributed by atoms with E-state index in [2.05, 4.69) is 15.5 Å². The number of nitrogens with zero attached hydrogens (tertiary/aromatic N) is 1. The number of amides is 1. The summed E-state index contributed by atoms with van der Waals surface area (Å²) in [6.07, 6.45) is 4.53. The van der Waals surface area contributed by atoms with Crippen LogP contribution < -0.4 is 11.1 Å². The van der Waals surface area contributed by atoms with E-state index in [0.29, 0.717) is 5.69 Å². The van der Waals surface area contributed by atoms with E-state index in [0.717, 1.165) is 25.7 Å². The molecule has 5 N–H and O–H groups in total. The van der Waals surface area contributed by atoms with E-state index < -0.39 is 6.10 Å². The first-order valence-electron chi connectivity index (χ1n) is 5.46. The predicted octanol–water partition coefficient (Wildman–Crippen LogP) is 0.0252. The highest BCUT2D eigenvalue weighted by molar-refractivity contribution is 5.97. The monoisotopic (exact) mass is 224 g/mol. The lowest BCUT2D eigenvalue weighted by Crippen LogP contribution is -2.45. The number of aromatic amines is 1. The first-order valence-corrected chi connectivity index (χ1v) is 5.46. The number of aliphatic hydroxyl groups excluding tert-OH is 1. The van der Waals surface area contributed by atoms with Gasteiger partial charge >= 0.3 is 0 Å². The van der Waals surface area contributed by atoms with Crippen molar-refractivity contribution in [2.45, 2.75) is 37.8 Å². The van der Waals surface area contributed by atoms with Crippen LogP contribution in [-0.2, 0) is 0 Å². The maximum atomic E-state index is 11.8. The van der Waals surface area contributed by atoms with Crippen LogP contribution in [0.1, 0.15) is 36.2 Å². The average molecular weight is 224 g/mol. The highest BCUT2D eigenvalue weighted by Gasteiger charge is 2.25. The van der Waals surface area contributed by atoms with Gasteiger partial charge in [-0.15, -0.1) is 0 Å². The van der Waals surface area contributed by atoms with E-state index >= 15 is 0 Å². The molecule has 0 aliphatic heterocycles. The third-order valence-electron chi connectivity index (χ3n) is 2.94. The fourth-order valence-electron chi connectivity index (χ4n) is 2.00. The van der Waals surface area contributed by atoms with Gasteiger partial charge in [0.05, 0.1) is 24.0 Å². The second kappa shape index (κ2) is 4.52. The van der Waals surface area contributed by atoms with Crippen LogP contribution in [0, 0.1) is 0 Å². The van der Waals surface area contributed by atoms with Crippen LogP contribution in [-0.4, -0.2) is 33.4 Å². The van der Waals surface area contributed by atoms with Gasteiger partial charge in [0.25, 0.3) is 5.91 Å². The Labute approximate surface area is 93.2 Å². The number of hydrogen-bond donors (Lipinski definition) is 4. The second-order valence-electron chi connectivity index (χ2n) is 4.13. The summed E-state index contributed by atoms with van der Waals surface area (Å²) in [4.78, 5) is 11.8. The molecule has 0 spiro atoms. The predicted molar refractivity (Wildman–Crippen MR) is 58.7 cm³/mol. The minimum absolute atomic E-state index is 0.177. The Bertz CT molecular complexity index is 377. The molecule has 1 aliphatic rings. The lowest BCUT2D eigenvalue weighted by atomic mass is 9.92. The molecule has 1 saturated carbocycles. The largest absolute Gasteiger partial charge is 0.396 e. The molecule has 16 heavy (non-hydrogen) atoms. The van der Waals surface area contributed by atoms with Gasteiger partial charge in [0.1, 0.15) is 5.69 Å². The molecule has 0 aromatic carbocycles. The normalized spacial score (nSPS) is 25.3. The molecule has 2 atom stereocenters. The minimum Gasteiger partial charge on any atom is -0.396 e. The summed E-state index contributed by atoms with van der Waals surface area (Å²) in [5.74, 6) is -0.305. The average Bonchev–Trinajstić information content (AvgIpc) is 2.68. The van der Waals surface area contributed by atoms with E-state index in [1.54, 1.807) is 0 Å².